The molecule has 0 aromatic rings. The zero-order valence-corrected chi connectivity index (χ0v) is 7.92. The van der Waals surface area contributed by atoms with Gasteiger partial charge in [-0.1, -0.05) is 0 Å². The number of hydrogen-bond acceptors (Lipinski definition) is 3. The fraction of sp³-hybridized carbons (Fsp3) is 0.800. The van der Waals surface area contributed by atoms with E-state index in [-0.39, 0.29) is 11.7 Å². The summed E-state index contributed by atoms with van der Waals surface area (Å²) in [6.07, 6.45) is 2.53. The molecule has 0 amide bonds. The van der Waals surface area contributed by atoms with Gasteiger partial charge in [-0.3, -0.25) is 4.79 Å². The van der Waals surface area contributed by atoms with Gasteiger partial charge in [0.1, 0.15) is 5.41 Å². The number of carbonyl (C=O) groups excluding carboxylic acids is 1. The van der Waals surface area contributed by atoms with E-state index in [1.54, 1.807) is 0 Å². The lowest BCUT2D eigenvalue weighted by atomic mass is 9.91. The lowest BCUT2D eigenvalue weighted by Crippen LogP contribution is -2.26. The third kappa shape index (κ3) is 1.36. The maximum atomic E-state index is 11.9. The molecule has 1 saturated carbocycles. The summed E-state index contributed by atoms with van der Waals surface area (Å²) < 4.78 is 0. The number of likely N-dealkylation sites (tertiary alicyclic amines) is 1. The number of Topliss-reactive ketones (excluding diaryl/α,β-unsaturated/α-hetero) is 1. The average Bonchev–Trinajstić information content (AvgIpc) is 2.82. The van der Waals surface area contributed by atoms with Gasteiger partial charge < -0.3 is 4.90 Å². The fourth-order valence-corrected chi connectivity index (χ4v) is 2.08. The van der Waals surface area contributed by atoms with Crippen molar-refractivity contribution < 1.29 is 4.79 Å². The van der Waals surface area contributed by atoms with Crippen molar-refractivity contribution in [3.05, 3.63) is 0 Å². The summed E-state index contributed by atoms with van der Waals surface area (Å²) in [6.45, 7) is 1.85. The van der Waals surface area contributed by atoms with Crippen LogP contribution in [0.5, 0.6) is 0 Å². The number of carbonyl (C=O) groups is 1. The standard InChI is InChI=1S/C10H14N2O/c1-12-5-2-8(6-12)9(13)10(7-11)3-4-10/h8H,2-6H2,1H3. The molecule has 2 fully saturated rings. The van der Waals surface area contributed by atoms with Crippen LogP contribution in [-0.2, 0) is 4.79 Å². The summed E-state index contributed by atoms with van der Waals surface area (Å²) in [5.41, 5.74) is -0.560. The van der Waals surface area contributed by atoms with Crippen LogP contribution in [0.1, 0.15) is 19.3 Å². The first kappa shape index (κ1) is 8.71. The third-order valence-corrected chi connectivity index (χ3v) is 3.20. The topological polar surface area (TPSA) is 44.1 Å². The molecule has 1 atom stereocenters. The van der Waals surface area contributed by atoms with Gasteiger partial charge in [-0.25, -0.2) is 0 Å². The first-order valence-corrected chi connectivity index (χ1v) is 4.82. The van der Waals surface area contributed by atoms with E-state index in [1.807, 2.05) is 7.05 Å². The molecular formula is C10H14N2O. The fourth-order valence-electron chi connectivity index (χ4n) is 2.08. The molecule has 2 aliphatic rings. The minimum Gasteiger partial charge on any atom is -0.306 e. The van der Waals surface area contributed by atoms with Crippen molar-refractivity contribution in [2.45, 2.75) is 19.3 Å². The highest BCUT2D eigenvalue weighted by Gasteiger charge is 2.53. The van der Waals surface area contributed by atoms with Gasteiger partial charge in [0.05, 0.1) is 6.07 Å². The smallest absolute Gasteiger partial charge is 0.157 e. The SMILES string of the molecule is CN1CCC(C(=O)C2(C#N)CC2)C1. The Bertz CT molecular complexity index is 275. The Hall–Kier alpha value is -0.880. The molecule has 0 spiro atoms. The molecule has 1 saturated heterocycles. The predicted octanol–water partition coefficient (Wildman–Crippen LogP) is 0.811. The molecule has 1 aliphatic heterocycles. The summed E-state index contributed by atoms with van der Waals surface area (Å²) >= 11 is 0. The molecule has 0 N–H and O–H groups in total. The van der Waals surface area contributed by atoms with Crippen molar-refractivity contribution in [3.8, 4) is 6.07 Å². The first-order chi connectivity index (χ1) is 6.18. The van der Waals surface area contributed by atoms with E-state index in [0.717, 1.165) is 32.4 Å². The van der Waals surface area contributed by atoms with Crippen LogP contribution >= 0.6 is 0 Å². The first-order valence-electron chi connectivity index (χ1n) is 4.82. The largest absolute Gasteiger partial charge is 0.306 e. The van der Waals surface area contributed by atoms with E-state index in [2.05, 4.69) is 11.0 Å². The second-order valence-electron chi connectivity index (χ2n) is 4.31. The van der Waals surface area contributed by atoms with Crippen LogP contribution in [0.15, 0.2) is 0 Å². The van der Waals surface area contributed by atoms with Gasteiger partial charge in [-0.2, -0.15) is 5.26 Å². The molecule has 0 bridgehead atoms. The van der Waals surface area contributed by atoms with Gasteiger partial charge in [0.25, 0.3) is 0 Å². The number of nitrogens with zero attached hydrogens (tertiary/aromatic N) is 2. The van der Waals surface area contributed by atoms with Crippen molar-refractivity contribution in [1.29, 1.82) is 5.26 Å². The number of hydrogen-bond donors (Lipinski definition) is 0. The molecular weight excluding hydrogens is 164 g/mol. The van der Waals surface area contributed by atoms with Crippen molar-refractivity contribution >= 4 is 5.78 Å². The molecule has 0 radical (unpaired) electrons. The van der Waals surface area contributed by atoms with E-state index < -0.39 is 5.41 Å². The zero-order valence-electron chi connectivity index (χ0n) is 7.92. The van der Waals surface area contributed by atoms with Crippen molar-refractivity contribution in [3.63, 3.8) is 0 Å². The van der Waals surface area contributed by atoms with Crippen LogP contribution in [0.25, 0.3) is 0 Å². The second kappa shape index (κ2) is 2.81. The molecule has 1 unspecified atom stereocenters. The molecule has 0 aromatic heterocycles. The Morgan fingerprint density at radius 3 is 2.69 bits per heavy atom. The third-order valence-electron chi connectivity index (χ3n) is 3.20. The van der Waals surface area contributed by atoms with Crippen LogP contribution < -0.4 is 0 Å². The van der Waals surface area contributed by atoms with Gasteiger partial charge in [0.2, 0.25) is 0 Å². The molecule has 2 rings (SSSR count). The van der Waals surface area contributed by atoms with E-state index in [0.29, 0.717) is 0 Å². The normalized spacial score (nSPS) is 31.2. The van der Waals surface area contributed by atoms with E-state index in [4.69, 9.17) is 5.26 Å². The van der Waals surface area contributed by atoms with Crippen LogP contribution in [-0.4, -0.2) is 30.8 Å². The highest BCUT2D eigenvalue weighted by atomic mass is 16.1. The molecule has 3 heteroatoms. The summed E-state index contributed by atoms with van der Waals surface area (Å²) in [6, 6.07) is 2.18. The van der Waals surface area contributed by atoms with Gasteiger partial charge in [0, 0.05) is 12.5 Å². The molecule has 70 valence electrons. The molecule has 0 aromatic carbocycles. The Morgan fingerprint density at radius 1 is 1.62 bits per heavy atom. The Kier molecular flexibility index (Phi) is 1.88. The highest BCUT2D eigenvalue weighted by molar-refractivity contribution is 5.92. The second-order valence-corrected chi connectivity index (χ2v) is 4.31. The highest BCUT2D eigenvalue weighted by Crippen LogP contribution is 2.48. The van der Waals surface area contributed by atoms with Gasteiger partial charge >= 0.3 is 0 Å². The number of rotatable bonds is 2. The van der Waals surface area contributed by atoms with Gasteiger partial charge in [-0.05, 0) is 32.9 Å². The van der Waals surface area contributed by atoms with Crippen LogP contribution in [0.4, 0.5) is 0 Å². The maximum absolute atomic E-state index is 11.9. The van der Waals surface area contributed by atoms with Crippen molar-refractivity contribution in [2.75, 3.05) is 20.1 Å². The van der Waals surface area contributed by atoms with Crippen LogP contribution in [0.3, 0.4) is 0 Å². The number of ketones is 1. The monoisotopic (exact) mass is 178 g/mol. The van der Waals surface area contributed by atoms with E-state index in [1.165, 1.54) is 0 Å². The minimum absolute atomic E-state index is 0.132. The van der Waals surface area contributed by atoms with Crippen LogP contribution in [0.2, 0.25) is 0 Å². The molecule has 1 heterocycles. The lowest BCUT2D eigenvalue weighted by molar-refractivity contribution is -0.125. The Labute approximate surface area is 78.3 Å². The van der Waals surface area contributed by atoms with Crippen LogP contribution in [0, 0.1) is 22.7 Å². The Morgan fingerprint density at radius 2 is 2.31 bits per heavy atom. The molecule has 1 aliphatic carbocycles. The van der Waals surface area contributed by atoms with Crippen molar-refractivity contribution in [1.82, 2.24) is 4.90 Å². The zero-order chi connectivity index (χ0) is 9.47. The predicted molar refractivity (Wildman–Crippen MR) is 47.9 cm³/mol. The summed E-state index contributed by atoms with van der Waals surface area (Å²) in [5.74, 6) is 0.339. The lowest BCUT2D eigenvalue weighted by Gasteiger charge is -2.11. The maximum Gasteiger partial charge on any atom is 0.157 e. The summed E-state index contributed by atoms with van der Waals surface area (Å²) in [5, 5.41) is 8.87. The van der Waals surface area contributed by atoms with Gasteiger partial charge in [0.15, 0.2) is 5.78 Å². The van der Waals surface area contributed by atoms with Gasteiger partial charge in [-0.15, -0.1) is 0 Å². The summed E-state index contributed by atoms with van der Waals surface area (Å²) in [4.78, 5) is 14.0. The summed E-state index contributed by atoms with van der Waals surface area (Å²) in [7, 11) is 2.03. The minimum atomic E-state index is -0.560. The van der Waals surface area contributed by atoms with E-state index >= 15 is 0 Å². The molecule has 3 nitrogen and oxygen atoms in total. The van der Waals surface area contributed by atoms with Crippen molar-refractivity contribution in [2.24, 2.45) is 11.3 Å². The van der Waals surface area contributed by atoms with E-state index in [9.17, 15) is 4.79 Å². The average molecular weight is 178 g/mol. The quantitative estimate of drug-likeness (QED) is 0.628. The Balaban J connectivity index is 2.03. The molecule has 13 heavy (non-hydrogen) atoms. The number of nitriles is 1.